The first-order chi connectivity index (χ1) is 12.5. The summed E-state index contributed by atoms with van der Waals surface area (Å²) in [6, 6.07) is 6.60. The molecule has 1 rings (SSSR count). The van der Waals surface area contributed by atoms with E-state index in [1.807, 2.05) is 0 Å². The van der Waals surface area contributed by atoms with Crippen LogP contribution < -0.4 is 0 Å². The Morgan fingerprint density at radius 3 is 1.54 bits per heavy atom. The Hall–Kier alpha value is -1.05. The van der Waals surface area contributed by atoms with Crippen LogP contribution in [0.2, 0.25) is 57.4 Å². The summed E-state index contributed by atoms with van der Waals surface area (Å²) < 4.78 is 6.39. The highest BCUT2D eigenvalue weighted by atomic mass is 28.4. The molecule has 0 unspecified atom stereocenters. The molecule has 0 amide bonds. The van der Waals surface area contributed by atoms with Gasteiger partial charge in [0, 0.05) is 17.7 Å². The molecule has 4 heteroatoms. The summed E-state index contributed by atoms with van der Waals surface area (Å²) in [5, 5.41) is 0.242. The predicted molar refractivity (Wildman–Crippen MR) is 134 cm³/mol. The van der Waals surface area contributed by atoms with Crippen LogP contribution in [0.5, 0.6) is 0 Å². The van der Waals surface area contributed by atoms with Gasteiger partial charge in [-0.15, -0.1) is 11.1 Å². The second-order valence-electron chi connectivity index (χ2n) is 11.3. The Kier molecular flexibility index (Phi) is 8.19. The van der Waals surface area contributed by atoms with Crippen LogP contribution in [0.3, 0.4) is 0 Å². The monoisotopic (exact) mass is 428 g/mol. The Morgan fingerprint density at radius 2 is 1.18 bits per heavy atom. The van der Waals surface area contributed by atoms with Crippen LogP contribution in [0.25, 0.3) is 0 Å². The normalized spacial score (nSPS) is 12.7. The minimum Gasteiger partial charge on any atom is -0.416 e. The predicted octanol–water partition coefficient (Wildman–Crippen LogP) is 6.71. The van der Waals surface area contributed by atoms with Crippen molar-refractivity contribution in [3.8, 4) is 22.9 Å². The second-order valence-corrected chi connectivity index (χ2v) is 25.6. The Labute approximate surface area is 177 Å². The van der Waals surface area contributed by atoms with E-state index in [9.17, 15) is 0 Å². The van der Waals surface area contributed by atoms with Gasteiger partial charge in [-0.05, 0) is 48.3 Å². The third kappa shape index (κ3) is 9.43. The number of benzene rings is 1. The molecule has 0 aromatic heterocycles. The molecule has 28 heavy (non-hydrogen) atoms. The van der Waals surface area contributed by atoms with Crippen LogP contribution in [0, 0.1) is 22.9 Å². The van der Waals surface area contributed by atoms with E-state index in [4.69, 9.17) is 4.43 Å². The molecule has 0 bridgehead atoms. The summed E-state index contributed by atoms with van der Waals surface area (Å²) in [7, 11) is -4.52. The maximum atomic E-state index is 6.39. The van der Waals surface area contributed by atoms with Crippen LogP contribution in [0.1, 0.15) is 37.5 Å². The van der Waals surface area contributed by atoms with Crippen molar-refractivity contribution in [3.05, 3.63) is 34.9 Å². The van der Waals surface area contributed by atoms with Gasteiger partial charge in [0.2, 0.25) is 0 Å². The van der Waals surface area contributed by atoms with Gasteiger partial charge < -0.3 is 4.43 Å². The average Bonchev–Trinajstić information content (AvgIpc) is 2.48. The van der Waals surface area contributed by atoms with E-state index in [-0.39, 0.29) is 5.04 Å². The minimum absolute atomic E-state index is 0.242. The fourth-order valence-corrected chi connectivity index (χ4v) is 4.22. The zero-order chi connectivity index (χ0) is 21.8. The Balaban J connectivity index is 3.12. The largest absolute Gasteiger partial charge is 0.416 e. The SMILES string of the molecule is CC(C)(C)[Si](C)(C)OCCc1cc(C#C[Si](C)(C)C)cc(C#C[Si](C)(C)C)c1. The maximum absolute atomic E-state index is 6.39. The van der Waals surface area contributed by atoms with E-state index in [0.717, 1.165) is 24.2 Å². The maximum Gasteiger partial charge on any atom is 0.191 e. The van der Waals surface area contributed by atoms with Gasteiger partial charge >= 0.3 is 0 Å². The Morgan fingerprint density at radius 1 is 0.750 bits per heavy atom. The summed E-state index contributed by atoms with van der Waals surface area (Å²) >= 11 is 0. The fourth-order valence-electron chi connectivity index (χ4n) is 2.14. The third-order valence-electron chi connectivity index (χ3n) is 4.82. The summed E-state index contributed by atoms with van der Waals surface area (Å²) in [6.45, 7) is 25.9. The van der Waals surface area contributed by atoms with Gasteiger partial charge in [-0.3, -0.25) is 0 Å². The van der Waals surface area contributed by atoms with Crippen LogP contribution in [0.15, 0.2) is 18.2 Å². The smallest absolute Gasteiger partial charge is 0.191 e. The van der Waals surface area contributed by atoms with Crippen molar-refractivity contribution in [1.82, 2.24) is 0 Å². The van der Waals surface area contributed by atoms with Crippen molar-refractivity contribution in [2.45, 2.75) is 84.6 Å². The molecule has 1 aromatic rings. The second kappa shape index (κ2) is 9.18. The van der Waals surface area contributed by atoms with Gasteiger partial charge in [-0.1, -0.05) is 71.9 Å². The highest BCUT2D eigenvalue weighted by Crippen LogP contribution is 2.36. The zero-order valence-corrected chi connectivity index (χ0v) is 23.1. The quantitative estimate of drug-likeness (QED) is 0.382. The first-order valence-corrected chi connectivity index (χ1v) is 20.2. The lowest BCUT2D eigenvalue weighted by Crippen LogP contribution is -2.41. The molecule has 0 aliphatic carbocycles. The molecule has 0 aliphatic heterocycles. The standard InChI is InChI=1S/C24H40OSi3/c1-24(2,3)28(10,11)25-15-12-21-18-22(13-16-26(4,5)6)20-23(19-21)14-17-27(7,8)9/h18-20H,12,15H2,1-11H3. The lowest BCUT2D eigenvalue weighted by molar-refractivity contribution is 0.292. The number of hydrogen-bond donors (Lipinski definition) is 0. The van der Waals surface area contributed by atoms with Crippen molar-refractivity contribution in [2.24, 2.45) is 0 Å². The first-order valence-electron chi connectivity index (χ1n) is 10.3. The van der Waals surface area contributed by atoms with Crippen molar-refractivity contribution >= 4 is 24.5 Å². The molecule has 0 saturated carbocycles. The van der Waals surface area contributed by atoms with Crippen LogP contribution in [-0.2, 0) is 10.8 Å². The van der Waals surface area contributed by atoms with Crippen molar-refractivity contribution < 1.29 is 4.43 Å². The molecule has 1 aromatic carbocycles. The van der Waals surface area contributed by atoms with Gasteiger partial charge in [0.15, 0.2) is 8.32 Å². The highest BCUT2D eigenvalue weighted by Gasteiger charge is 2.36. The van der Waals surface area contributed by atoms with Gasteiger partial charge in [-0.25, -0.2) is 0 Å². The van der Waals surface area contributed by atoms with E-state index in [1.165, 1.54) is 5.56 Å². The van der Waals surface area contributed by atoms with Crippen molar-refractivity contribution in [2.75, 3.05) is 6.61 Å². The molecular weight excluding hydrogens is 389 g/mol. The summed E-state index contributed by atoms with van der Waals surface area (Å²) in [5.74, 6) is 6.83. The minimum atomic E-state index is -1.71. The van der Waals surface area contributed by atoms with E-state index in [0.29, 0.717) is 0 Å². The molecule has 0 saturated heterocycles. The summed E-state index contributed by atoms with van der Waals surface area (Å²) in [4.78, 5) is 0. The van der Waals surface area contributed by atoms with Crippen LogP contribution in [-0.4, -0.2) is 31.1 Å². The van der Waals surface area contributed by atoms with Gasteiger partial charge in [0.1, 0.15) is 16.1 Å². The van der Waals surface area contributed by atoms with Crippen molar-refractivity contribution in [3.63, 3.8) is 0 Å². The highest BCUT2D eigenvalue weighted by molar-refractivity contribution is 6.84. The van der Waals surface area contributed by atoms with Crippen LogP contribution in [0.4, 0.5) is 0 Å². The molecule has 0 heterocycles. The molecule has 0 N–H and O–H groups in total. The average molecular weight is 429 g/mol. The van der Waals surface area contributed by atoms with Gasteiger partial charge in [-0.2, -0.15) is 0 Å². The molecule has 0 atom stereocenters. The Bertz CT molecular complexity index is 745. The zero-order valence-electron chi connectivity index (χ0n) is 20.1. The van der Waals surface area contributed by atoms with E-state index in [2.05, 4.69) is 114 Å². The molecule has 0 aliphatic rings. The van der Waals surface area contributed by atoms with Gasteiger partial charge in [0.25, 0.3) is 0 Å². The number of rotatable bonds is 4. The van der Waals surface area contributed by atoms with E-state index < -0.39 is 24.5 Å². The molecule has 1 nitrogen and oxygen atoms in total. The number of hydrogen-bond acceptors (Lipinski definition) is 1. The third-order valence-corrected chi connectivity index (χ3v) is 11.1. The van der Waals surface area contributed by atoms with E-state index >= 15 is 0 Å². The molecule has 0 radical (unpaired) electrons. The molecular formula is C24H40OSi3. The molecule has 154 valence electrons. The summed E-state index contributed by atoms with van der Waals surface area (Å²) in [5.41, 5.74) is 10.4. The topological polar surface area (TPSA) is 9.23 Å². The van der Waals surface area contributed by atoms with E-state index in [1.54, 1.807) is 0 Å². The lowest BCUT2D eigenvalue weighted by atomic mass is 10.0. The van der Waals surface area contributed by atoms with Crippen molar-refractivity contribution in [1.29, 1.82) is 0 Å². The van der Waals surface area contributed by atoms with Gasteiger partial charge in [0.05, 0.1) is 0 Å². The lowest BCUT2D eigenvalue weighted by Gasteiger charge is -2.36. The first kappa shape index (κ1) is 25.0. The summed E-state index contributed by atoms with van der Waals surface area (Å²) in [6.07, 6.45) is 0.913. The van der Waals surface area contributed by atoms with Crippen LogP contribution >= 0.6 is 0 Å². The molecule has 0 fully saturated rings. The molecule has 0 spiro atoms. The fraction of sp³-hybridized carbons (Fsp3) is 0.583.